The number of carbonyl (C=O) groups is 2. The van der Waals surface area contributed by atoms with Gasteiger partial charge >= 0.3 is 11.8 Å². The van der Waals surface area contributed by atoms with Crippen LogP contribution in [0, 0.1) is 0 Å². The number of ether oxygens (including phenoxy) is 1. The van der Waals surface area contributed by atoms with E-state index < -0.39 is 11.8 Å². The monoisotopic (exact) mass is 430 g/mol. The number of anilines is 3. The fourth-order valence-corrected chi connectivity index (χ4v) is 3.43. The number of para-hydroxylation sites is 1. The van der Waals surface area contributed by atoms with E-state index in [0.717, 1.165) is 37.6 Å². The first-order chi connectivity index (χ1) is 15.6. The maximum atomic E-state index is 12.3. The van der Waals surface area contributed by atoms with Gasteiger partial charge in [0, 0.05) is 43.2 Å². The van der Waals surface area contributed by atoms with Crippen molar-refractivity contribution < 1.29 is 14.3 Å². The van der Waals surface area contributed by atoms with Crippen LogP contribution in [-0.4, -0.2) is 49.9 Å². The first-order valence-corrected chi connectivity index (χ1v) is 10.6. The lowest BCUT2D eigenvalue weighted by atomic mass is 10.2. The van der Waals surface area contributed by atoms with Crippen LogP contribution in [0.3, 0.4) is 0 Å². The Morgan fingerprint density at radius 2 is 1.19 bits per heavy atom. The number of amides is 2. The Labute approximate surface area is 187 Å². The molecule has 0 aliphatic carbocycles. The summed E-state index contributed by atoms with van der Waals surface area (Å²) in [5, 5.41) is 5.24. The summed E-state index contributed by atoms with van der Waals surface area (Å²) in [6.07, 6.45) is 0. The lowest BCUT2D eigenvalue weighted by Gasteiger charge is -2.34. The van der Waals surface area contributed by atoms with Gasteiger partial charge in [-0.25, -0.2) is 0 Å². The molecule has 1 aliphatic rings. The molecule has 0 unspecified atom stereocenters. The zero-order valence-electron chi connectivity index (χ0n) is 18.0. The van der Waals surface area contributed by atoms with Gasteiger partial charge in [0.05, 0.1) is 0 Å². The lowest BCUT2D eigenvalue weighted by molar-refractivity contribution is -0.132. The Morgan fingerprint density at radius 1 is 0.688 bits per heavy atom. The van der Waals surface area contributed by atoms with Crippen LogP contribution in [0.25, 0.3) is 0 Å². The minimum absolute atomic E-state index is 0.510. The topological polar surface area (TPSA) is 73.9 Å². The van der Waals surface area contributed by atoms with Crippen molar-refractivity contribution in [3.8, 4) is 11.5 Å². The van der Waals surface area contributed by atoms with Crippen LogP contribution in [0.15, 0.2) is 78.9 Å². The van der Waals surface area contributed by atoms with E-state index in [0.29, 0.717) is 17.1 Å². The van der Waals surface area contributed by atoms with Gasteiger partial charge in [-0.3, -0.25) is 9.59 Å². The van der Waals surface area contributed by atoms with E-state index in [1.807, 2.05) is 54.6 Å². The van der Waals surface area contributed by atoms with Gasteiger partial charge in [-0.15, -0.1) is 0 Å². The van der Waals surface area contributed by atoms with E-state index in [1.54, 1.807) is 24.3 Å². The molecule has 0 bridgehead atoms. The number of likely N-dealkylation sites (N-methyl/N-ethyl adjacent to an activating group) is 1. The van der Waals surface area contributed by atoms with E-state index in [2.05, 4.69) is 27.5 Å². The van der Waals surface area contributed by atoms with Crippen molar-refractivity contribution >= 4 is 28.9 Å². The molecule has 0 spiro atoms. The summed E-state index contributed by atoms with van der Waals surface area (Å²) < 4.78 is 5.73. The smallest absolute Gasteiger partial charge is 0.314 e. The summed E-state index contributed by atoms with van der Waals surface area (Å²) in [6, 6.07) is 23.8. The van der Waals surface area contributed by atoms with Gasteiger partial charge in [0.1, 0.15) is 11.5 Å². The van der Waals surface area contributed by atoms with Crippen molar-refractivity contribution in [2.45, 2.75) is 0 Å². The number of carbonyl (C=O) groups excluding carboxylic acids is 2. The third kappa shape index (κ3) is 5.65. The third-order valence-electron chi connectivity index (χ3n) is 5.29. The van der Waals surface area contributed by atoms with Crippen molar-refractivity contribution in [3.63, 3.8) is 0 Å². The number of nitrogens with one attached hydrogen (secondary N) is 2. The van der Waals surface area contributed by atoms with Gasteiger partial charge in [0.2, 0.25) is 0 Å². The number of rotatable bonds is 5. The van der Waals surface area contributed by atoms with Crippen LogP contribution in [0.2, 0.25) is 0 Å². The highest BCUT2D eigenvalue weighted by Crippen LogP contribution is 2.23. The second-order valence-corrected chi connectivity index (χ2v) is 7.68. The van der Waals surface area contributed by atoms with Gasteiger partial charge in [-0.1, -0.05) is 18.2 Å². The molecule has 32 heavy (non-hydrogen) atoms. The zero-order valence-corrected chi connectivity index (χ0v) is 18.0. The number of hydrogen-bond donors (Lipinski definition) is 2. The van der Waals surface area contributed by atoms with Crippen LogP contribution >= 0.6 is 0 Å². The van der Waals surface area contributed by atoms with E-state index in [4.69, 9.17) is 4.74 Å². The summed E-state index contributed by atoms with van der Waals surface area (Å²) in [5.41, 5.74) is 2.20. The minimum atomic E-state index is -0.732. The van der Waals surface area contributed by atoms with Gasteiger partial charge in [0.15, 0.2) is 0 Å². The van der Waals surface area contributed by atoms with Crippen molar-refractivity contribution in [3.05, 3.63) is 78.9 Å². The maximum absolute atomic E-state index is 12.3. The second-order valence-electron chi connectivity index (χ2n) is 7.68. The standard InChI is InChI=1S/C25H26N4O3/c1-28-15-17-29(18-16-28)21-11-7-19(8-12-21)26-24(30)25(31)27-20-9-13-23(14-10-20)32-22-5-3-2-4-6-22/h2-14H,15-18H2,1H3,(H,26,30)(H,27,31). The SMILES string of the molecule is CN1CCN(c2ccc(NC(=O)C(=O)Nc3ccc(Oc4ccccc4)cc3)cc2)CC1. The molecule has 2 N–H and O–H groups in total. The largest absolute Gasteiger partial charge is 0.457 e. The normalized spacial score (nSPS) is 14.0. The van der Waals surface area contributed by atoms with Crippen LogP contribution in [0.4, 0.5) is 17.1 Å². The van der Waals surface area contributed by atoms with Crippen LogP contribution < -0.4 is 20.3 Å². The van der Waals surface area contributed by atoms with E-state index in [9.17, 15) is 9.59 Å². The van der Waals surface area contributed by atoms with E-state index >= 15 is 0 Å². The molecule has 0 radical (unpaired) electrons. The van der Waals surface area contributed by atoms with Gasteiger partial charge < -0.3 is 25.2 Å². The predicted octanol–water partition coefficient (Wildman–Crippen LogP) is 3.81. The Bertz CT molecular complexity index is 1040. The Balaban J connectivity index is 1.28. The lowest BCUT2D eigenvalue weighted by Crippen LogP contribution is -2.44. The molecular formula is C25H26N4O3. The first-order valence-electron chi connectivity index (χ1n) is 10.6. The van der Waals surface area contributed by atoms with Crippen molar-refractivity contribution in [2.24, 2.45) is 0 Å². The molecule has 7 heteroatoms. The zero-order chi connectivity index (χ0) is 22.3. The Morgan fingerprint density at radius 3 is 1.75 bits per heavy atom. The molecule has 0 saturated carbocycles. The number of piperazine rings is 1. The molecule has 4 rings (SSSR count). The molecular weight excluding hydrogens is 404 g/mol. The Hall–Kier alpha value is -3.84. The summed E-state index contributed by atoms with van der Waals surface area (Å²) in [7, 11) is 2.12. The Kier molecular flexibility index (Phi) is 6.67. The van der Waals surface area contributed by atoms with E-state index in [1.165, 1.54) is 0 Å². The molecule has 7 nitrogen and oxygen atoms in total. The molecule has 164 valence electrons. The van der Waals surface area contributed by atoms with Gasteiger partial charge in [-0.05, 0) is 67.7 Å². The fraction of sp³-hybridized carbons (Fsp3) is 0.200. The molecule has 3 aromatic rings. The van der Waals surface area contributed by atoms with E-state index in [-0.39, 0.29) is 0 Å². The van der Waals surface area contributed by atoms with Crippen LogP contribution in [0.1, 0.15) is 0 Å². The average molecular weight is 431 g/mol. The van der Waals surface area contributed by atoms with Crippen molar-refractivity contribution in [2.75, 3.05) is 48.8 Å². The molecule has 2 amide bonds. The number of hydrogen-bond acceptors (Lipinski definition) is 5. The number of nitrogens with zero attached hydrogens (tertiary/aromatic N) is 2. The molecule has 1 heterocycles. The maximum Gasteiger partial charge on any atom is 0.314 e. The highest BCUT2D eigenvalue weighted by molar-refractivity contribution is 6.43. The average Bonchev–Trinajstić information content (AvgIpc) is 2.82. The molecule has 0 atom stereocenters. The highest BCUT2D eigenvalue weighted by atomic mass is 16.5. The first kappa shape index (κ1) is 21.4. The quantitative estimate of drug-likeness (QED) is 0.602. The summed E-state index contributed by atoms with van der Waals surface area (Å²) in [6.45, 7) is 4.00. The van der Waals surface area contributed by atoms with Crippen LogP contribution in [-0.2, 0) is 9.59 Å². The third-order valence-corrected chi connectivity index (χ3v) is 5.29. The fourth-order valence-electron chi connectivity index (χ4n) is 3.43. The molecule has 3 aromatic carbocycles. The minimum Gasteiger partial charge on any atom is -0.457 e. The molecule has 1 saturated heterocycles. The second kappa shape index (κ2) is 9.98. The van der Waals surface area contributed by atoms with Crippen LogP contribution in [0.5, 0.6) is 11.5 Å². The predicted molar refractivity (Wildman–Crippen MR) is 126 cm³/mol. The van der Waals surface area contributed by atoms with Gasteiger partial charge in [0.25, 0.3) is 0 Å². The molecule has 1 aliphatic heterocycles. The highest BCUT2D eigenvalue weighted by Gasteiger charge is 2.16. The summed E-state index contributed by atoms with van der Waals surface area (Å²) >= 11 is 0. The summed E-state index contributed by atoms with van der Waals surface area (Å²) in [4.78, 5) is 29.2. The summed E-state index contributed by atoms with van der Waals surface area (Å²) in [5.74, 6) is -0.0896. The van der Waals surface area contributed by atoms with Gasteiger partial charge in [-0.2, -0.15) is 0 Å². The molecule has 1 fully saturated rings. The number of benzene rings is 3. The molecule has 0 aromatic heterocycles. The van der Waals surface area contributed by atoms with Crippen molar-refractivity contribution in [1.82, 2.24) is 4.90 Å². The van der Waals surface area contributed by atoms with Crippen molar-refractivity contribution in [1.29, 1.82) is 0 Å².